The number of halogens is 3. The fourth-order valence-corrected chi connectivity index (χ4v) is 3.24. The first-order chi connectivity index (χ1) is 10.8. The number of likely N-dealkylation sites (tertiary alicyclic amines) is 1. The number of alkyl halides is 3. The van der Waals surface area contributed by atoms with Crippen LogP contribution >= 0.6 is 0 Å². The smallest absolute Gasteiger partial charge is 0.416 e. The van der Waals surface area contributed by atoms with Gasteiger partial charge in [0.1, 0.15) is 5.60 Å². The van der Waals surface area contributed by atoms with E-state index in [1.54, 1.807) is 0 Å². The van der Waals surface area contributed by atoms with Crippen molar-refractivity contribution in [1.29, 1.82) is 0 Å². The van der Waals surface area contributed by atoms with E-state index in [-0.39, 0.29) is 18.1 Å². The van der Waals surface area contributed by atoms with Gasteiger partial charge < -0.3 is 9.64 Å². The molecule has 124 valence electrons. The normalized spacial score (nSPS) is 24.8. The number of ether oxygens (including phenoxy) is 1. The number of amides is 1. The molecule has 1 atom stereocenters. The molecule has 2 heterocycles. The zero-order valence-electron chi connectivity index (χ0n) is 12.4. The van der Waals surface area contributed by atoms with E-state index in [9.17, 15) is 22.8 Å². The molecule has 0 N–H and O–H groups in total. The van der Waals surface area contributed by atoms with Crippen molar-refractivity contribution in [2.24, 2.45) is 0 Å². The maximum absolute atomic E-state index is 12.8. The number of carbonyl (C=O) groups excluding carboxylic acids is 2. The Balaban J connectivity index is 1.79. The van der Waals surface area contributed by atoms with Gasteiger partial charge in [0.05, 0.1) is 12.1 Å². The van der Waals surface area contributed by atoms with Crippen LogP contribution in [0, 0.1) is 0 Å². The van der Waals surface area contributed by atoms with Gasteiger partial charge in [-0.15, -0.1) is 0 Å². The lowest BCUT2D eigenvalue weighted by atomic mass is 9.89. The first-order valence-electron chi connectivity index (χ1n) is 7.48. The van der Waals surface area contributed by atoms with Gasteiger partial charge in [-0.2, -0.15) is 13.2 Å². The van der Waals surface area contributed by atoms with Crippen molar-refractivity contribution in [1.82, 2.24) is 4.90 Å². The minimum atomic E-state index is -4.49. The molecule has 2 saturated heterocycles. The number of piperidine rings is 1. The lowest BCUT2D eigenvalue weighted by molar-refractivity contribution is -0.151. The predicted molar refractivity (Wildman–Crippen MR) is 74.6 cm³/mol. The summed E-state index contributed by atoms with van der Waals surface area (Å²) in [5.41, 5.74) is -1.50. The second-order valence-corrected chi connectivity index (χ2v) is 6.07. The monoisotopic (exact) mass is 327 g/mol. The molecule has 0 aromatic heterocycles. The Morgan fingerprint density at radius 3 is 2.70 bits per heavy atom. The Bertz CT molecular complexity index is 644. The fraction of sp³-hybridized carbons (Fsp3) is 0.500. The lowest BCUT2D eigenvalue weighted by Gasteiger charge is -2.39. The van der Waals surface area contributed by atoms with Crippen LogP contribution in [0.3, 0.4) is 0 Å². The standard InChI is InChI=1S/C16H16F3NO3/c17-16(18,19)12-4-1-3-11(9-12)14(22)20-8-2-6-15(10-20)7-5-13(21)23-15/h1,3-4,9H,2,5-8,10H2. The molecule has 2 aliphatic heterocycles. The Morgan fingerprint density at radius 2 is 2.04 bits per heavy atom. The molecule has 1 spiro atoms. The molecule has 2 fully saturated rings. The highest BCUT2D eigenvalue weighted by Crippen LogP contribution is 2.36. The van der Waals surface area contributed by atoms with Crippen LogP contribution in [0.2, 0.25) is 0 Å². The van der Waals surface area contributed by atoms with Crippen LogP contribution in [0.5, 0.6) is 0 Å². The second kappa shape index (κ2) is 5.54. The van der Waals surface area contributed by atoms with Crippen LogP contribution in [-0.2, 0) is 15.7 Å². The van der Waals surface area contributed by atoms with Gasteiger partial charge in [-0.3, -0.25) is 9.59 Å². The number of benzene rings is 1. The summed E-state index contributed by atoms with van der Waals surface area (Å²) in [4.78, 5) is 25.4. The first kappa shape index (κ1) is 15.8. The number of nitrogens with zero attached hydrogens (tertiary/aromatic N) is 1. The van der Waals surface area contributed by atoms with Gasteiger partial charge in [-0.25, -0.2) is 0 Å². The van der Waals surface area contributed by atoms with Gasteiger partial charge in [0.15, 0.2) is 0 Å². The summed E-state index contributed by atoms with van der Waals surface area (Å²) in [5.74, 6) is -0.739. The van der Waals surface area contributed by atoms with E-state index >= 15 is 0 Å². The van der Waals surface area contributed by atoms with Crippen LogP contribution < -0.4 is 0 Å². The highest BCUT2D eigenvalue weighted by molar-refractivity contribution is 5.94. The molecular weight excluding hydrogens is 311 g/mol. The number of carbonyl (C=O) groups is 2. The first-order valence-corrected chi connectivity index (χ1v) is 7.48. The predicted octanol–water partition coefficient (Wildman–Crippen LogP) is 3.02. The quantitative estimate of drug-likeness (QED) is 0.745. The summed E-state index contributed by atoms with van der Waals surface area (Å²) in [6, 6.07) is 4.41. The summed E-state index contributed by atoms with van der Waals surface area (Å²) in [7, 11) is 0. The van der Waals surface area contributed by atoms with Crippen LogP contribution in [-0.4, -0.2) is 35.5 Å². The largest absolute Gasteiger partial charge is 0.457 e. The van der Waals surface area contributed by atoms with Gasteiger partial charge in [0.2, 0.25) is 0 Å². The van der Waals surface area contributed by atoms with Gasteiger partial charge in [-0.05, 0) is 37.5 Å². The number of hydrogen-bond donors (Lipinski definition) is 0. The minimum Gasteiger partial charge on any atom is -0.457 e. The zero-order chi connectivity index (χ0) is 16.7. The number of rotatable bonds is 1. The van der Waals surface area contributed by atoms with E-state index in [4.69, 9.17) is 4.74 Å². The van der Waals surface area contributed by atoms with E-state index in [1.807, 2.05) is 0 Å². The van der Waals surface area contributed by atoms with Crippen molar-refractivity contribution in [3.63, 3.8) is 0 Å². The van der Waals surface area contributed by atoms with Crippen molar-refractivity contribution in [2.75, 3.05) is 13.1 Å². The third-order valence-electron chi connectivity index (χ3n) is 4.38. The molecule has 1 amide bonds. The van der Waals surface area contributed by atoms with Crippen LogP contribution in [0.4, 0.5) is 13.2 Å². The van der Waals surface area contributed by atoms with E-state index in [2.05, 4.69) is 0 Å². The Kier molecular flexibility index (Phi) is 3.82. The average molecular weight is 327 g/mol. The molecule has 23 heavy (non-hydrogen) atoms. The maximum Gasteiger partial charge on any atom is 0.416 e. The fourth-order valence-electron chi connectivity index (χ4n) is 3.24. The van der Waals surface area contributed by atoms with Gasteiger partial charge in [0, 0.05) is 18.5 Å². The topological polar surface area (TPSA) is 46.6 Å². The SMILES string of the molecule is O=C1CCC2(CCCN(C(=O)c3cccc(C(F)(F)F)c3)C2)O1. The Morgan fingerprint density at radius 1 is 1.26 bits per heavy atom. The molecule has 0 bridgehead atoms. The molecular formula is C16H16F3NO3. The molecule has 2 aliphatic rings. The van der Waals surface area contributed by atoms with Crippen LogP contribution in [0.25, 0.3) is 0 Å². The molecule has 0 radical (unpaired) electrons. The van der Waals surface area contributed by atoms with Gasteiger partial charge in [0.25, 0.3) is 5.91 Å². The molecule has 1 aromatic carbocycles. The van der Waals surface area contributed by atoms with E-state index in [0.717, 1.165) is 12.1 Å². The summed E-state index contributed by atoms with van der Waals surface area (Å²) in [6.07, 6.45) is -2.26. The van der Waals surface area contributed by atoms with Crippen molar-refractivity contribution in [3.05, 3.63) is 35.4 Å². The third-order valence-corrected chi connectivity index (χ3v) is 4.38. The van der Waals surface area contributed by atoms with Crippen LogP contribution in [0.15, 0.2) is 24.3 Å². The molecule has 0 aliphatic carbocycles. The molecule has 3 rings (SSSR count). The summed E-state index contributed by atoms with van der Waals surface area (Å²) < 4.78 is 43.7. The molecule has 1 unspecified atom stereocenters. The maximum atomic E-state index is 12.8. The second-order valence-electron chi connectivity index (χ2n) is 6.07. The summed E-state index contributed by atoms with van der Waals surface area (Å²) in [5, 5.41) is 0. The summed E-state index contributed by atoms with van der Waals surface area (Å²) >= 11 is 0. The van der Waals surface area contributed by atoms with Crippen molar-refractivity contribution in [3.8, 4) is 0 Å². The lowest BCUT2D eigenvalue weighted by Crippen LogP contribution is -2.50. The zero-order valence-corrected chi connectivity index (χ0v) is 12.4. The van der Waals surface area contributed by atoms with Crippen LogP contribution in [0.1, 0.15) is 41.6 Å². The van der Waals surface area contributed by atoms with Crippen molar-refractivity contribution in [2.45, 2.75) is 37.5 Å². The molecule has 1 aromatic rings. The number of esters is 1. The van der Waals surface area contributed by atoms with E-state index < -0.39 is 23.2 Å². The Labute approximate surface area is 131 Å². The van der Waals surface area contributed by atoms with Gasteiger partial charge >= 0.3 is 12.1 Å². The van der Waals surface area contributed by atoms with E-state index in [0.29, 0.717) is 32.2 Å². The van der Waals surface area contributed by atoms with E-state index in [1.165, 1.54) is 17.0 Å². The highest BCUT2D eigenvalue weighted by Gasteiger charge is 2.44. The minimum absolute atomic E-state index is 0.00111. The molecule has 7 heteroatoms. The highest BCUT2D eigenvalue weighted by atomic mass is 19.4. The Hall–Kier alpha value is -2.05. The summed E-state index contributed by atoms with van der Waals surface area (Å²) in [6.45, 7) is 0.697. The van der Waals surface area contributed by atoms with Crippen molar-refractivity contribution < 1.29 is 27.5 Å². The van der Waals surface area contributed by atoms with Gasteiger partial charge in [-0.1, -0.05) is 6.07 Å². The molecule has 0 saturated carbocycles. The third kappa shape index (κ3) is 3.18. The number of hydrogen-bond acceptors (Lipinski definition) is 3. The molecule has 4 nitrogen and oxygen atoms in total. The average Bonchev–Trinajstić information content (AvgIpc) is 2.86. The van der Waals surface area contributed by atoms with Crippen molar-refractivity contribution >= 4 is 11.9 Å².